The van der Waals surface area contributed by atoms with Gasteiger partial charge in [-0.3, -0.25) is 19.3 Å². The van der Waals surface area contributed by atoms with Gasteiger partial charge in [0.2, 0.25) is 0 Å². The molecule has 0 aromatic heterocycles. The van der Waals surface area contributed by atoms with E-state index in [4.69, 9.17) is 39.5 Å². The second-order valence-electron chi connectivity index (χ2n) is 7.84. The third-order valence-corrected chi connectivity index (χ3v) is 7.15. The molecule has 1 fully saturated rings. The van der Waals surface area contributed by atoms with Gasteiger partial charge in [0.1, 0.15) is 5.75 Å². The number of nitrogens with one attached hydrogen (secondary N) is 1. The number of ether oxygens (including phenoxy) is 1. The molecule has 4 rings (SSSR count). The van der Waals surface area contributed by atoms with Gasteiger partial charge in [0, 0.05) is 26.3 Å². The molecule has 3 aromatic carbocycles. The second kappa shape index (κ2) is 11.4. The third kappa shape index (κ3) is 6.23. The summed E-state index contributed by atoms with van der Waals surface area (Å²) in [6.07, 6.45) is 1.52. The highest BCUT2D eigenvalue weighted by Crippen LogP contribution is 2.36. The van der Waals surface area contributed by atoms with Gasteiger partial charge in [0.05, 0.1) is 11.4 Å². The molecule has 10 heteroatoms. The normalized spacial score (nSPS) is 14.4. The molecule has 0 aliphatic carbocycles. The van der Waals surface area contributed by atoms with Crippen molar-refractivity contribution in [1.82, 2.24) is 4.90 Å². The quantitative estimate of drug-likeness (QED) is 0.309. The van der Waals surface area contributed by atoms with Crippen LogP contribution in [0.25, 0.3) is 6.08 Å². The predicted octanol–water partition coefficient (Wildman–Crippen LogP) is 7.21. The first-order valence-corrected chi connectivity index (χ1v) is 12.6. The maximum absolute atomic E-state index is 13.0. The molecule has 36 heavy (non-hydrogen) atoms. The summed E-state index contributed by atoms with van der Waals surface area (Å²) in [4.78, 5) is 39.3. The van der Waals surface area contributed by atoms with E-state index < -0.39 is 17.1 Å². The summed E-state index contributed by atoms with van der Waals surface area (Å²) in [7, 11) is 0. The van der Waals surface area contributed by atoms with Gasteiger partial charge in [-0.25, -0.2) is 0 Å². The van der Waals surface area contributed by atoms with Crippen LogP contribution in [0.5, 0.6) is 5.75 Å². The molecule has 1 heterocycles. The number of benzene rings is 3. The van der Waals surface area contributed by atoms with Crippen molar-refractivity contribution in [3.8, 4) is 5.75 Å². The van der Waals surface area contributed by atoms with Crippen molar-refractivity contribution >= 4 is 75.4 Å². The van der Waals surface area contributed by atoms with Crippen LogP contribution < -0.4 is 10.1 Å². The number of anilines is 1. The third-order valence-electron chi connectivity index (χ3n) is 5.23. The maximum atomic E-state index is 13.0. The minimum atomic E-state index is -0.454. The molecule has 0 atom stereocenters. The molecule has 1 N–H and O–H groups in total. The summed E-state index contributed by atoms with van der Waals surface area (Å²) in [6, 6.07) is 17.0. The first kappa shape index (κ1) is 26.1. The van der Waals surface area contributed by atoms with Crippen LogP contribution in [0.4, 0.5) is 10.5 Å². The molecule has 6 nitrogen and oxygen atoms in total. The lowest BCUT2D eigenvalue weighted by atomic mass is 10.1. The molecule has 1 aliphatic heterocycles. The first-order valence-electron chi connectivity index (χ1n) is 10.7. The summed E-state index contributed by atoms with van der Waals surface area (Å²) in [6.45, 7) is 1.64. The Hall–Kier alpha value is -2.97. The van der Waals surface area contributed by atoms with Gasteiger partial charge < -0.3 is 10.1 Å². The van der Waals surface area contributed by atoms with E-state index in [2.05, 4.69) is 5.32 Å². The molecule has 0 spiro atoms. The van der Waals surface area contributed by atoms with Gasteiger partial charge >= 0.3 is 0 Å². The van der Waals surface area contributed by atoms with Crippen molar-refractivity contribution < 1.29 is 19.1 Å². The van der Waals surface area contributed by atoms with Crippen LogP contribution in [-0.2, 0) is 16.1 Å². The zero-order valence-electron chi connectivity index (χ0n) is 18.9. The van der Waals surface area contributed by atoms with Crippen molar-refractivity contribution in [1.29, 1.82) is 0 Å². The topological polar surface area (TPSA) is 75.7 Å². The number of hydrogen-bond donors (Lipinski definition) is 1. The monoisotopic (exact) mass is 560 g/mol. The Morgan fingerprint density at radius 1 is 1.03 bits per heavy atom. The Morgan fingerprint density at radius 2 is 1.81 bits per heavy atom. The van der Waals surface area contributed by atoms with E-state index in [1.807, 2.05) is 6.92 Å². The van der Waals surface area contributed by atoms with Crippen molar-refractivity contribution in [3.63, 3.8) is 0 Å². The highest BCUT2D eigenvalue weighted by atomic mass is 35.5. The van der Waals surface area contributed by atoms with E-state index in [9.17, 15) is 14.4 Å². The predicted molar refractivity (Wildman–Crippen MR) is 145 cm³/mol. The SMILES string of the molecule is Cc1ccc(NC(=O)COc2ccc(Cl)cc2/C=C2\SC(=O)N(Cc3ccccc3Cl)C2=O)cc1Cl. The maximum Gasteiger partial charge on any atom is 0.293 e. The molecule has 184 valence electrons. The van der Waals surface area contributed by atoms with Crippen LogP contribution in [0, 0.1) is 6.92 Å². The van der Waals surface area contributed by atoms with Gasteiger partial charge in [0.25, 0.3) is 17.1 Å². The number of amides is 3. The van der Waals surface area contributed by atoms with Crippen molar-refractivity contribution in [2.24, 2.45) is 0 Å². The van der Waals surface area contributed by atoms with E-state index in [0.29, 0.717) is 37.6 Å². The van der Waals surface area contributed by atoms with Gasteiger partial charge in [-0.1, -0.05) is 59.1 Å². The molecule has 0 bridgehead atoms. The number of nitrogens with zero attached hydrogens (tertiary/aromatic N) is 1. The van der Waals surface area contributed by atoms with Crippen LogP contribution in [0.15, 0.2) is 65.6 Å². The Morgan fingerprint density at radius 3 is 2.56 bits per heavy atom. The molecule has 0 saturated carbocycles. The van der Waals surface area contributed by atoms with Crippen LogP contribution in [0.2, 0.25) is 15.1 Å². The average molecular weight is 562 g/mol. The molecule has 0 unspecified atom stereocenters. The van der Waals surface area contributed by atoms with Gasteiger partial charge in [-0.05, 0) is 72.3 Å². The molecule has 1 aliphatic rings. The minimum absolute atomic E-state index is 0.0593. The summed E-state index contributed by atoms with van der Waals surface area (Å²) in [5.41, 5.74) is 2.56. The zero-order chi connectivity index (χ0) is 25.8. The molecular formula is C26H19Cl3N2O4S. The first-order chi connectivity index (χ1) is 17.2. The lowest BCUT2D eigenvalue weighted by Gasteiger charge is -2.13. The number of carbonyl (C=O) groups excluding carboxylic acids is 3. The summed E-state index contributed by atoms with van der Waals surface area (Å²) < 4.78 is 5.71. The van der Waals surface area contributed by atoms with Gasteiger partial charge in [-0.15, -0.1) is 0 Å². The highest BCUT2D eigenvalue weighted by Gasteiger charge is 2.35. The number of thioether (sulfide) groups is 1. The lowest BCUT2D eigenvalue weighted by Crippen LogP contribution is -2.27. The standard InChI is InChI=1S/C26H19Cl3N2O4S/c1-15-6-8-19(12-21(15)29)30-24(32)14-35-22-9-7-18(27)10-17(22)11-23-25(33)31(26(34)36-23)13-16-4-2-3-5-20(16)28/h2-12H,13-14H2,1H3,(H,30,32)/b23-11-. The fraction of sp³-hybridized carbons (Fsp3) is 0.115. The number of imide groups is 1. The Balaban J connectivity index is 1.48. The number of carbonyl (C=O) groups is 3. The number of aryl methyl sites for hydroxylation is 1. The summed E-state index contributed by atoms with van der Waals surface area (Å²) in [5.74, 6) is -0.518. The minimum Gasteiger partial charge on any atom is -0.483 e. The van der Waals surface area contributed by atoms with Crippen molar-refractivity contribution in [3.05, 3.63) is 97.3 Å². The highest BCUT2D eigenvalue weighted by molar-refractivity contribution is 8.18. The van der Waals surface area contributed by atoms with E-state index in [-0.39, 0.29) is 18.1 Å². The van der Waals surface area contributed by atoms with Gasteiger partial charge in [0.15, 0.2) is 6.61 Å². The van der Waals surface area contributed by atoms with E-state index in [1.54, 1.807) is 60.7 Å². The molecule has 0 radical (unpaired) electrons. The summed E-state index contributed by atoms with van der Waals surface area (Å²) >= 11 is 19.3. The van der Waals surface area contributed by atoms with Crippen LogP contribution in [-0.4, -0.2) is 28.6 Å². The van der Waals surface area contributed by atoms with Crippen LogP contribution >= 0.6 is 46.6 Å². The largest absolute Gasteiger partial charge is 0.483 e. The van der Waals surface area contributed by atoms with Crippen molar-refractivity contribution in [2.75, 3.05) is 11.9 Å². The molecule has 3 amide bonds. The van der Waals surface area contributed by atoms with E-state index >= 15 is 0 Å². The average Bonchev–Trinajstić information content (AvgIpc) is 3.09. The number of halogens is 3. The molecule has 1 saturated heterocycles. The lowest BCUT2D eigenvalue weighted by molar-refractivity contribution is -0.123. The number of rotatable bonds is 7. The second-order valence-corrected chi connectivity index (χ2v) is 10.1. The summed E-state index contributed by atoms with van der Waals surface area (Å²) in [5, 5.41) is 3.72. The Bertz CT molecular complexity index is 1390. The fourth-order valence-corrected chi connectivity index (χ4v) is 4.73. The van der Waals surface area contributed by atoms with Crippen LogP contribution in [0.1, 0.15) is 16.7 Å². The van der Waals surface area contributed by atoms with Gasteiger partial charge in [-0.2, -0.15) is 0 Å². The van der Waals surface area contributed by atoms with Crippen LogP contribution in [0.3, 0.4) is 0 Å². The Kier molecular flexibility index (Phi) is 8.26. The smallest absolute Gasteiger partial charge is 0.293 e. The zero-order valence-corrected chi connectivity index (χ0v) is 22.0. The molecule has 3 aromatic rings. The van der Waals surface area contributed by atoms with Crippen molar-refractivity contribution in [2.45, 2.75) is 13.5 Å². The number of hydrogen-bond acceptors (Lipinski definition) is 5. The van der Waals surface area contributed by atoms with E-state index in [0.717, 1.165) is 22.2 Å². The van der Waals surface area contributed by atoms with E-state index in [1.165, 1.54) is 6.08 Å². The molecular weight excluding hydrogens is 543 g/mol. The fourth-order valence-electron chi connectivity index (χ4n) is 3.35. The Labute approximate surface area is 227 Å².